The van der Waals surface area contributed by atoms with Gasteiger partial charge >= 0.3 is 0 Å². The van der Waals surface area contributed by atoms with E-state index < -0.39 is 0 Å². The Morgan fingerprint density at radius 2 is 1.95 bits per heavy atom. The van der Waals surface area contributed by atoms with E-state index in [9.17, 15) is 9.59 Å². The first-order valence-corrected chi connectivity index (χ1v) is 7.00. The van der Waals surface area contributed by atoms with E-state index >= 15 is 0 Å². The van der Waals surface area contributed by atoms with Crippen LogP contribution in [-0.4, -0.2) is 29.1 Å². The van der Waals surface area contributed by atoms with Crippen molar-refractivity contribution < 1.29 is 9.59 Å². The predicted octanol–water partition coefficient (Wildman–Crippen LogP) is 3.41. The Hall–Kier alpha value is -0.720. The Labute approximate surface area is 136 Å². The first-order valence-electron chi connectivity index (χ1n) is 5.43. The number of hydrogen-bond donors (Lipinski definition) is 1. The van der Waals surface area contributed by atoms with Crippen molar-refractivity contribution in [1.82, 2.24) is 4.90 Å². The van der Waals surface area contributed by atoms with Crippen LogP contribution in [0.2, 0.25) is 10.0 Å². The van der Waals surface area contributed by atoms with Gasteiger partial charge in [-0.05, 0) is 35.5 Å². The van der Waals surface area contributed by atoms with E-state index in [1.165, 1.54) is 0 Å². The summed E-state index contributed by atoms with van der Waals surface area (Å²) in [5.74, 6) is -0.327. The molecule has 1 aliphatic rings. The van der Waals surface area contributed by atoms with Gasteiger partial charge in [0.25, 0.3) is 11.1 Å². The van der Waals surface area contributed by atoms with Crippen LogP contribution >= 0.6 is 47.4 Å². The Balaban J connectivity index is 0.00000200. The van der Waals surface area contributed by atoms with E-state index in [1.807, 2.05) is 0 Å². The molecule has 0 aliphatic carbocycles. The lowest BCUT2D eigenvalue weighted by Gasteiger charge is -2.09. The van der Waals surface area contributed by atoms with Gasteiger partial charge in [-0.2, -0.15) is 0 Å². The molecule has 108 valence electrons. The van der Waals surface area contributed by atoms with Crippen molar-refractivity contribution in [3.05, 3.63) is 38.7 Å². The summed E-state index contributed by atoms with van der Waals surface area (Å²) in [4.78, 5) is 25.1. The minimum atomic E-state index is -0.327. The number of thioether (sulfide) groups is 1. The van der Waals surface area contributed by atoms with Gasteiger partial charge in [-0.25, -0.2) is 0 Å². The van der Waals surface area contributed by atoms with Gasteiger partial charge < -0.3 is 5.73 Å². The number of halogens is 3. The van der Waals surface area contributed by atoms with Crippen molar-refractivity contribution in [2.75, 3.05) is 13.1 Å². The molecular formula is C12H11Cl3N2O2S. The average Bonchev–Trinajstić information content (AvgIpc) is 2.62. The average molecular weight is 354 g/mol. The van der Waals surface area contributed by atoms with Crippen LogP contribution in [0.25, 0.3) is 6.08 Å². The summed E-state index contributed by atoms with van der Waals surface area (Å²) in [6, 6.07) is 5.01. The zero-order valence-electron chi connectivity index (χ0n) is 10.1. The Bertz CT molecular complexity index is 578. The van der Waals surface area contributed by atoms with Gasteiger partial charge in [-0.1, -0.05) is 29.3 Å². The van der Waals surface area contributed by atoms with Crippen molar-refractivity contribution in [2.45, 2.75) is 0 Å². The van der Waals surface area contributed by atoms with Gasteiger partial charge in [-0.3, -0.25) is 14.5 Å². The van der Waals surface area contributed by atoms with E-state index in [0.29, 0.717) is 20.5 Å². The third-order valence-corrected chi connectivity index (χ3v) is 4.11. The molecule has 0 spiro atoms. The third-order valence-electron chi connectivity index (χ3n) is 2.47. The molecule has 0 aromatic heterocycles. The molecule has 2 N–H and O–H groups in total. The highest BCUT2D eigenvalue weighted by Gasteiger charge is 2.34. The molecule has 4 nitrogen and oxygen atoms in total. The highest BCUT2D eigenvalue weighted by molar-refractivity contribution is 8.18. The molecule has 1 aliphatic heterocycles. The molecule has 0 atom stereocenters. The second-order valence-corrected chi connectivity index (χ2v) is 5.60. The van der Waals surface area contributed by atoms with Gasteiger partial charge in [-0.15, -0.1) is 12.4 Å². The lowest BCUT2D eigenvalue weighted by molar-refractivity contribution is -0.122. The van der Waals surface area contributed by atoms with Crippen LogP contribution < -0.4 is 5.73 Å². The van der Waals surface area contributed by atoms with E-state index in [0.717, 1.165) is 16.7 Å². The number of benzene rings is 1. The number of nitrogens with two attached hydrogens (primary N) is 1. The number of imide groups is 1. The number of amides is 2. The van der Waals surface area contributed by atoms with Crippen molar-refractivity contribution in [1.29, 1.82) is 0 Å². The minimum absolute atomic E-state index is 0. The molecule has 1 aromatic rings. The topological polar surface area (TPSA) is 63.4 Å². The van der Waals surface area contributed by atoms with Gasteiger partial charge in [0.2, 0.25) is 0 Å². The van der Waals surface area contributed by atoms with Gasteiger partial charge in [0.1, 0.15) is 0 Å². The summed E-state index contributed by atoms with van der Waals surface area (Å²) in [5, 5.41) is 0.536. The summed E-state index contributed by atoms with van der Waals surface area (Å²) in [6.45, 7) is 0.474. The Morgan fingerprint density at radius 3 is 2.55 bits per heavy atom. The number of carbonyl (C=O) groups is 2. The van der Waals surface area contributed by atoms with Crippen LogP contribution in [0, 0.1) is 0 Å². The molecule has 0 bridgehead atoms. The van der Waals surface area contributed by atoms with Crippen molar-refractivity contribution in [2.24, 2.45) is 5.73 Å². The van der Waals surface area contributed by atoms with Crippen molar-refractivity contribution in [3.8, 4) is 0 Å². The summed E-state index contributed by atoms with van der Waals surface area (Å²) in [5.41, 5.74) is 6.08. The molecule has 0 unspecified atom stereocenters. The minimum Gasteiger partial charge on any atom is -0.329 e. The third kappa shape index (κ3) is 3.68. The quantitative estimate of drug-likeness (QED) is 0.846. The largest absolute Gasteiger partial charge is 0.329 e. The second kappa shape index (κ2) is 7.33. The highest BCUT2D eigenvalue weighted by Crippen LogP contribution is 2.32. The second-order valence-electron chi connectivity index (χ2n) is 3.80. The molecule has 8 heteroatoms. The summed E-state index contributed by atoms with van der Waals surface area (Å²) in [6.07, 6.45) is 1.61. The zero-order valence-corrected chi connectivity index (χ0v) is 13.3. The predicted molar refractivity (Wildman–Crippen MR) is 85.4 cm³/mol. The molecule has 20 heavy (non-hydrogen) atoms. The van der Waals surface area contributed by atoms with Gasteiger partial charge in [0, 0.05) is 13.1 Å². The van der Waals surface area contributed by atoms with Crippen LogP contribution in [0.1, 0.15) is 5.56 Å². The van der Waals surface area contributed by atoms with Crippen molar-refractivity contribution in [3.63, 3.8) is 0 Å². The zero-order chi connectivity index (χ0) is 14.0. The van der Waals surface area contributed by atoms with Crippen LogP contribution in [-0.2, 0) is 4.79 Å². The van der Waals surface area contributed by atoms with E-state index in [4.69, 9.17) is 28.9 Å². The van der Waals surface area contributed by atoms with Crippen LogP contribution in [0.5, 0.6) is 0 Å². The number of carbonyl (C=O) groups excluding carboxylic acids is 2. The van der Waals surface area contributed by atoms with E-state index in [1.54, 1.807) is 24.3 Å². The van der Waals surface area contributed by atoms with Gasteiger partial charge in [0.05, 0.1) is 15.0 Å². The number of hydrogen-bond acceptors (Lipinski definition) is 4. The molecule has 2 amide bonds. The SMILES string of the molecule is Cl.NCCN1C(=O)SC(=Cc2ccc(Cl)c(Cl)c2)C1=O. The smallest absolute Gasteiger partial charge is 0.293 e. The van der Waals surface area contributed by atoms with Crippen LogP contribution in [0.4, 0.5) is 4.79 Å². The molecule has 0 saturated carbocycles. The standard InChI is InChI=1S/C12H10Cl2N2O2S.ClH/c13-8-2-1-7(5-9(8)14)6-10-11(17)16(4-3-15)12(18)19-10;/h1-2,5-6H,3-4,15H2;1H. The van der Waals surface area contributed by atoms with Crippen LogP contribution in [0.3, 0.4) is 0 Å². The molecule has 1 aromatic carbocycles. The fourth-order valence-electron chi connectivity index (χ4n) is 1.58. The first-order chi connectivity index (χ1) is 9.02. The summed E-state index contributed by atoms with van der Waals surface area (Å²) in [7, 11) is 0. The maximum Gasteiger partial charge on any atom is 0.293 e. The Morgan fingerprint density at radius 1 is 1.25 bits per heavy atom. The Kier molecular flexibility index (Phi) is 6.36. The molecule has 1 fully saturated rings. The normalized spacial score (nSPS) is 16.8. The van der Waals surface area contributed by atoms with E-state index in [2.05, 4.69) is 0 Å². The summed E-state index contributed by atoms with van der Waals surface area (Å²) >= 11 is 12.6. The maximum absolute atomic E-state index is 12.0. The molecular weight excluding hydrogens is 343 g/mol. The van der Waals surface area contributed by atoms with E-state index in [-0.39, 0.29) is 36.6 Å². The maximum atomic E-state index is 12.0. The fourth-order valence-corrected chi connectivity index (χ4v) is 2.75. The fraction of sp³-hybridized carbons (Fsp3) is 0.167. The first kappa shape index (κ1) is 17.3. The summed E-state index contributed by atoms with van der Waals surface area (Å²) < 4.78 is 0. The number of nitrogens with zero attached hydrogens (tertiary/aromatic N) is 1. The number of rotatable bonds is 3. The lowest BCUT2D eigenvalue weighted by Crippen LogP contribution is -2.33. The molecule has 1 heterocycles. The molecule has 2 rings (SSSR count). The van der Waals surface area contributed by atoms with Crippen molar-refractivity contribution >= 4 is 64.6 Å². The lowest BCUT2D eigenvalue weighted by atomic mass is 10.2. The molecule has 1 saturated heterocycles. The molecule has 0 radical (unpaired) electrons. The van der Waals surface area contributed by atoms with Gasteiger partial charge in [0.15, 0.2) is 0 Å². The van der Waals surface area contributed by atoms with Crippen LogP contribution in [0.15, 0.2) is 23.1 Å². The monoisotopic (exact) mass is 352 g/mol. The highest BCUT2D eigenvalue weighted by atomic mass is 35.5.